The lowest BCUT2D eigenvalue weighted by Crippen LogP contribution is -2.32. The summed E-state index contributed by atoms with van der Waals surface area (Å²) in [6, 6.07) is 21.4. The summed E-state index contributed by atoms with van der Waals surface area (Å²) in [6.45, 7) is 0. The van der Waals surface area contributed by atoms with Gasteiger partial charge in [-0.05, 0) is 30.2 Å². The summed E-state index contributed by atoms with van der Waals surface area (Å²) < 4.78 is 14.9. The van der Waals surface area contributed by atoms with Crippen molar-refractivity contribution >= 4 is 28.7 Å². The number of H-pyrrole nitrogens is 1. The molecule has 0 saturated carbocycles. The zero-order valence-corrected chi connectivity index (χ0v) is 17.5. The number of imidazole rings is 1. The Balaban J connectivity index is 1.57. The fourth-order valence-electron chi connectivity index (χ4n) is 4.19. The number of benzene rings is 3. The molecule has 1 amide bonds. The predicted octanol–water partition coefficient (Wildman–Crippen LogP) is 4.80. The summed E-state index contributed by atoms with van der Waals surface area (Å²) in [4.78, 5) is 35.1. The van der Waals surface area contributed by atoms with Crippen molar-refractivity contribution < 1.29 is 19.1 Å². The van der Waals surface area contributed by atoms with Crippen molar-refractivity contribution in [1.82, 2.24) is 9.97 Å². The minimum Gasteiger partial charge on any atom is -0.503 e. The number of hydrogen-bond acceptors (Lipinski definition) is 4. The van der Waals surface area contributed by atoms with Crippen molar-refractivity contribution in [3.63, 3.8) is 0 Å². The van der Waals surface area contributed by atoms with E-state index in [0.717, 1.165) is 10.5 Å². The Hall–Kier alpha value is -4.26. The van der Waals surface area contributed by atoms with Gasteiger partial charge in [0.25, 0.3) is 5.91 Å². The van der Waals surface area contributed by atoms with Crippen LogP contribution in [0.4, 0.5) is 10.3 Å². The largest absolute Gasteiger partial charge is 0.503 e. The Morgan fingerprint density at radius 1 is 1.00 bits per heavy atom. The Bertz CT molecular complexity index is 1360. The minimum atomic E-state index is -1.14. The van der Waals surface area contributed by atoms with Gasteiger partial charge < -0.3 is 10.1 Å². The van der Waals surface area contributed by atoms with Gasteiger partial charge in [-0.15, -0.1) is 0 Å². The molecule has 5 rings (SSSR count). The molecule has 0 fully saturated rings. The first-order chi connectivity index (χ1) is 16.0. The van der Waals surface area contributed by atoms with Gasteiger partial charge in [-0.1, -0.05) is 60.7 Å². The summed E-state index contributed by atoms with van der Waals surface area (Å²) in [6.07, 6.45) is 0.495. The Morgan fingerprint density at radius 2 is 1.70 bits per heavy atom. The lowest BCUT2D eigenvalue weighted by molar-refractivity contribution is -0.118. The lowest BCUT2D eigenvalue weighted by Gasteiger charge is -2.24. The van der Waals surface area contributed by atoms with Crippen LogP contribution in [0, 0.1) is 5.82 Å². The molecule has 33 heavy (non-hydrogen) atoms. The van der Waals surface area contributed by atoms with Crippen molar-refractivity contribution in [2.24, 2.45) is 0 Å². The summed E-state index contributed by atoms with van der Waals surface area (Å²) >= 11 is 0. The number of aromatic nitrogens is 2. The number of Topliss-reactive ketones (excluding diaryl/α,β-unsaturated/α-hetero) is 1. The molecule has 0 radical (unpaired) electrons. The van der Waals surface area contributed by atoms with E-state index in [0.29, 0.717) is 17.5 Å². The molecule has 0 bridgehead atoms. The maximum absolute atomic E-state index is 14.9. The summed E-state index contributed by atoms with van der Waals surface area (Å²) in [7, 11) is 0. The van der Waals surface area contributed by atoms with Gasteiger partial charge in [0.2, 0.25) is 5.95 Å². The number of aliphatic hydroxyl groups is 1. The van der Waals surface area contributed by atoms with E-state index in [-0.39, 0.29) is 23.5 Å². The van der Waals surface area contributed by atoms with Crippen LogP contribution in [0.2, 0.25) is 0 Å². The third-order valence-corrected chi connectivity index (χ3v) is 5.80. The number of aromatic amines is 1. The second-order valence-electron chi connectivity index (χ2n) is 7.85. The number of carbonyl (C=O) groups is 2. The van der Waals surface area contributed by atoms with Gasteiger partial charge in [0, 0.05) is 12.0 Å². The number of fused-ring (bicyclic) bond motifs is 1. The van der Waals surface area contributed by atoms with E-state index < -0.39 is 29.3 Å². The molecule has 7 heteroatoms. The number of nitrogens with zero attached hydrogens (tertiary/aromatic N) is 2. The maximum atomic E-state index is 14.9. The Kier molecular flexibility index (Phi) is 5.22. The van der Waals surface area contributed by atoms with E-state index in [1.165, 1.54) is 18.2 Å². The average molecular weight is 441 g/mol. The van der Waals surface area contributed by atoms with Crippen LogP contribution in [-0.2, 0) is 16.0 Å². The van der Waals surface area contributed by atoms with E-state index in [4.69, 9.17) is 0 Å². The maximum Gasteiger partial charge on any atom is 0.296 e. The van der Waals surface area contributed by atoms with Crippen LogP contribution in [0.1, 0.15) is 23.6 Å². The van der Waals surface area contributed by atoms with Gasteiger partial charge in [0.15, 0.2) is 11.5 Å². The number of ketones is 1. The average Bonchev–Trinajstić information content (AvgIpc) is 3.37. The number of para-hydroxylation sites is 2. The second kappa shape index (κ2) is 8.35. The van der Waals surface area contributed by atoms with Crippen molar-refractivity contribution in [2.45, 2.75) is 18.9 Å². The first-order valence-electron chi connectivity index (χ1n) is 10.6. The summed E-state index contributed by atoms with van der Waals surface area (Å²) in [5.41, 5.74) is 2.22. The summed E-state index contributed by atoms with van der Waals surface area (Å²) in [5.74, 6) is -2.35. The molecule has 0 saturated heterocycles. The third kappa shape index (κ3) is 3.67. The Morgan fingerprint density at radius 3 is 2.45 bits per heavy atom. The molecule has 4 aromatic rings. The number of aryl methyl sites for hydroxylation is 1. The van der Waals surface area contributed by atoms with Crippen LogP contribution >= 0.6 is 0 Å². The van der Waals surface area contributed by atoms with Gasteiger partial charge >= 0.3 is 0 Å². The third-order valence-electron chi connectivity index (χ3n) is 5.80. The lowest BCUT2D eigenvalue weighted by atomic mass is 9.93. The molecule has 0 spiro atoms. The molecule has 1 unspecified atom stereocenters. The zero-order chi connectivity index (χ0) is 22.9. The zero-order valence-electron chi connectivity index (χ0n) is 17.5. The molecule has 1 aliphatic heterocycles. The molecule has 2 N–H and O–H groups in total. The van der Waals surface area contributed by atoms with Gasteiger partial charge in [0.1, 0.15) is 11.9 Å². The molecular formula is C26H20FN3O3. The van der Waals surface area contributed by atoms with Crippen LogP contribution in [0.5, 0.6) is 0 Å². The number of carbonyl (C=O) groups excluding carboxylic acids is 2. The molecule has 1 atom stereocenters. The molecule has 3 aromatic carbocycles. The molecule has 2 heterocycles. The molecule has 0 aliphatic carbocycles. The first kappa shape index (κ1) is 20.6. The molecule has 1 aliphatic rings. The second-order valence-corrected chi connectivity index (χ2v) is 7.85. The first-order valence-corrected chi connectivity index (χ1v) is 10.6. The molecular weight excluding hydrogens is 421 g/mol. The normalized spacial score (nSPS) is 16.1. The van der Waals surface area contributed by atoms with Crippen molar-refractivity contribution in [1.29, 1.82) is 0 Å². The number of hydrogen-bond donors (Lipinski definition) is 2. The van der Waals surface area contributed by atoms with Gasteiger partial charge in [0.05, 0.1) is 16.6 Å². The minimum absolute atomic E-state index is 0.0651. The number of rotatable bonds is 6. The van der Waals surface area contributed by atoms with Crippen LogP contribution in [0.3, 0.4) is 0 Å². The molecule has 164 valence electrons. The number of aliphatic hydroxyl groups excluding tert-OH is 1. The van der Waals surface area contributed by atoms with Crippen LogP contribution < -0.4 is 4.90 Å². The number of anilines is 1. The highest BCUT2D eigenvalue weighted by atomic mass is 19.1. The predicted molar refractivity (Wildman–Crippen MR) is 122 cm³/mol. The van der Waals surface area contributed by atoms with E-state index in [1.807, 2.05) is 36.4 Å². The van der Waals surface area contributed by atoms with Gasteiger partial charge in [-0.3, -0.25) is 14.5 Å². The topological polar surface area (TPSA) is 86.3 Å². The van der Waals surface area contributed by atoms with Crippen LogP contribution in [0.15, 0.2) is 90.2 Å². The van der Waals surface area contributed by atoms with E-state index >= 15 is 0 Å². The van der Waals surface area contributed by atoms with E-state index in [2.05, 4.69) is 9.97 Å². The van der Waals surface area contributed by atoms with Crippen molar-refractivity contribution in [3.8, 4) is 0 Å². The molecule has 1 aromatic heterocycles. The highest BCUT2D eigenvalue weighted by Crippen LogP contribution is 2.41. The monoisotopic (exact) mass is 441 g/mol. The van der Waals surface area contributed by atoms with E-state index in [1.54, 1.807) is 24.3 Å². The number of nitrogens with one attached hydrogen (secondary N) is 1. The highest BCUT2D eigenvalue weighted by molar-refractivity contribution is 6.16. The quantitative estimate of drug-likeness (QED) is 0.450. The van der Waals surface area contributed by atoms with E-state index in [9.17, 15) is 19.1 Å². The molecule has 6 nitrogen and oxygen atoms in total. The highest BCUT2D eigenvalue weighted by Gasteiger charge is 2.46. The fraction of sp³-hybridized carbons (Fsp3) is 0.115. The van der Waals surface area contributed by atoms with Crippen LogP contribution in [-0.4, -0.2) is 26.8 Å². The Labute approximate surface area is 189 Å². The number of amides is 1. The van der Waals surface area contributed by atoms with Gasteiger partial charge in [-0.25, -0.2) is 9.37 Å². The smallest absolute Gasteiger partial charge is 0.296 e. The standard InChI is InChI=1S/C26H20FN3O3/c27-18-11-5-4-10-17(18)23-22(21(31)15-14-16-8-2-1-3-9-16)24(32)25(33)30(23)26-28-19-12-6-7-13-20(19)29-26/h1-13,23,32H,14-15H2,(H,28,29). The van der Waals surface area contributed by atoms with Crippen molar-refractivity contribution in [3.05, 3.63) is 107 Å². The van der Waals surface area contributed by atoms with Gasteiger partial charge in [-0.2, -0.15) is 0 Å². The number of halogens is 1. The van der Waals surface area contributed by atoms with Crippen molar-refractivity contribution in [2.75, 3.05) is 4.90 Å². The fourth-order valence-corrected chi connectivity index (χ4v) is 4.19. The summed E-state index contributed by atoms with van der Waals surface area (Å²) in [5, 5.41) is 10.8. The van der Waals surface area contributed by atoms with Crippen LogP contribution in [0.25, 0.3) is 11.0 Å². The SMILES string of the molecule is O=C(CCc1ccccc1)C1=C(O)C(=O)N(c2nc3ccccc3[nH]2)C1c1ccccc1F.